The van der Waals surface area contributed by atoms with Crippen LogP contribution in [0.25, 0.3) is 0 Å². The molecule has 15 nitrogen and oxygen atoms in total. The number of nitrogens with zero attached hydrogens (tertiary/aromatic N) is 6. The first kappa shape index (κ1) is 20.9. The summed E-state index contributed by atoms with van der Waals surface area (Å²) in [7, 11) is -4.83. The van der Waals surface area contributed by atoms with Gasteiger partial charge in [-0.2, -0.15) is 18.3 Å². The van der Waals surface area contributed by atoms with Crippen molar-refractivity contribution in [2.75, 3.05) is 19.7 Å². The van der Waals surface area contributed by atoms with Crippen LogP contribution >= 0.6 is 0 Å². The predicted molar refractivity (Wildman–Crippen MR) is 95.2 cm³/mol. The summed E-state index contributed by atoms with van der Waals surface area (Å²) in [6.07, 6.45) is 2.85. The Morgan fingerprint density at radius 1 is 1.40 bits per heavy atom. The smallest absolute Gasteiger partial charge is 0.311 e. The van der Waals surface area contributed by atoms with Crippen LogP contribution in [-0.2, 0) is 30.9 Å². The third kappa shape index (κ3) is 4.67. The number of urea groups is 1. The van der Waals surface area contributed by atoms with Crippen LogP contribution in [0, 0.1) is 5.92 Å². The van der Waals surface area contributed by atoms with Crippen molar-refractivity contribution >= 4 is 22.3 Å². The number of rotatable bonds is 8. The van der Waals surface area contributed by atoms with Crippen LogP contribution in [0.3, 0.4) is 0 Å². The van der Waals surface area contributed by atoms with Gasteiger partial charge in [-0.15, -0.1) is 14.5 Å². The first-order valence-electron chi connectivity index (χ1n) is 9.43. The minimum atomic E-state index is -4.83. The third-order valence-electron chi connectivity index (χ3n) is 5.38. The van der Waals surface area contributed by atoms with E-state index in [0.717, 1.165) is 13.0 Å². The number of carbonyl (C=O) groups excluding carboxylic acids is 2. The molecule has 0 unspecified atom stereocenters. The molecular formula is C14H22N8O7S. The molecule has 166 valence electrons. The lowest BCUT2D eigenvalue weighted by Gasteiger charge is -2.29. The molecule has 4 atom stereocenters. The van der Waals surface area contributed by atoms with Crippen LogP contribution in [0.4, 0.5) is 4.79 Å². The van der Waals surface area contributed by atoms with Gasteiger partial charge < -0.3 is 10.2 Å². The van der Waals surface area contributed by atoms with Gasteiger partial charge >= 0.3 is 16.4 Å². The zero-order valence-electron chi connectivity index (χ0n) is 15.8. The molecule has 4 rings (SSSR count). The van der Waals surface area contributed by atoms with E-state index in [1.807, 2.05) is 0 Å². The normalized spacial score (nSPS) is 28.9. The molecule has 1 aromatic rings. The molecule has 0 aliphatic carbocycles. The van der Waals surface area contributed by atoms with E-state index in [0.29, 0.717) is 30.4 Å². The Kier molecular flexibility index (Phi) is 5.83. The first-order valence-corrected chi connectivity index (χ1v) is 10.8. The Morgan fingerprint density at radius 3 is 2.97 bits per heavy atom. The SMILES string of the molecule is O=C(NOC[C@@H]1C[C@@H](Cn2ncnn2)CN1)[C@@H]1CC[C@@H]2CN1C(=O)N2OS(=O)(=O)O. The van der Waals surface area contributed by atoms with E-state index in [9.17, 15) is 18.0 Å². The van der Waals surface area contributed by atoms with Crippen LogP contribution in [-0.4, -0.2) is 92.9 Å². The molecule has 0 spiro atoms. The Morgan fingerprint density at radius 2 is 2.23 bits per heavy atom. The number of amides is 3. The van der Waals surface area contributed by atoms with Crippen LogP contribution in [0.5, 0.6) is 0 Å². The van der Waals surface area contributed by atoms with E-state index >= 15 is 0 Å². The zero-order valence-corrected chi connectivity index (χ0v) is 16.6. The molecule has 3 aliphatic rings. The maximum Gasteiger partial charge on any atom is 0.418 e. The molecule has 0 radical (unpaired) electrons. The number of piperidine rings is 1. The molecule has 3 saturated heterocycles. The molecule has 0 aromatic carbocycles. The summed E-state index contributed by atoms with van der Waals surface area (Å²) in [6, 6.07) is -2.12. The molecule has 16 heteroatoms. The molecule has 4 heterocycles. The van der Waals surface area contributed by atoms with E-state index in [4.69, 9.17) is 9.39 Å². The van der Waals surface area contributed by atoms with Gasteiger partial charge in [-0.05, 0) is 30.4 Å². The largest absolute Gasteiger partial charge is 0.418 e. The highest BCUT2D eigenvalue weighted by atomic mass is 32.3. The molecule has 3 amide bonds. The quantitative estimate of drug-likeness (QED) is 0.288. The number of hydroxylamine groups is 3. The van der Waals surface area contributed by atoms with Crippen molar-refractivity contribution in [1.29, 1.82) is 0 Å². The summed E-state index contributed by atoms with van der Waals surface area (Å²) in [6.45, 7) is 1.76. The summed E-state index contributed by atoms with van der Waals surface area (Å²) in [5, 5.41) is 15.4. The van der Waals surface area contributed by atoms with E-state index in [1.165, 1.54) is 16.0 Å². The van der Waals surface area contributed by atoms with E-state index < -0.39 is 34.4 Å². The topological polar surface area (TPSA) is 181 Å². The number of fused-ring (bicyclic) bond motifs is 2. The molecule has 0 saturated carbocycles. The molecule has 30 heavy (non-hydrogen) atoms. The van der Waals surface area contributed by atoms with Crippen molar-refractivity contribution in [3.05, 3.63) is 6.33 Å². The summed E-state index contributed by atoms with van der Waals surface area (Å²) in [4.78, 5) is 32.9. The minimum Gasteiger partial charge on any atom is -0.311 e. The van der Waals surface area contributed by atoms with Gasteiger partial charge in [-0.25, -0.2) is 10.3 Å². The fraction of sp³-hybridized carbons (Fsp3) is 0.786. The van der Waals surface area contributed by atoms with E-state index in [2.05, 4.69) is 30.5 Å². The Bertz CT molecular complexity index is 881. The van der Waals surface area contributed by atoms with Gasteiger partial charge in [0.2, 0.25) is 0 Å². The van der Waals surface area contributed by atoms with Gasteiger partial charge in [0.15, 0.2) is 6.33 Å². The monoisotopic (exact) mass is 446 g/mol. The summed E-state index contributed by atoms with van der Waals surface area (Å²) in [5.41, 5.74) is 2.37. The average Bonchev–Trinajstić information content (AvgIpc) is 3.40. The van der Waals surface area contributed by atoms with E-state index in [1.54, 1.807) is 0 Å². The molecule has 3 N–H and O–H groups in total. The van der Waals surface area contributed by atoms with Crippen molar-refractivity contribution in [3.63, 3.8) is 0 Å². The van der Waals surface area contributed by atoms with E-state index in [-0.39, 0.29) is 19.2 Å². The standard InChI is InChI=1S/C14H22N8O7S/c23-13(12-2-1-11-6-20(12)14(24)22(11)29-30(25,26)27)18-28-7-10-3-9(4-15-10)5-21-17-8-16-19-21/h8-12,15H,1-7H2,(H,18,23)(H,25,26,27)/t9-,10+,11-,12+/m1/s1. The van der Waals surface area contributed by atoms with Gasteiger partial charge in [-0.3, -0.25) is 14.2 Å². The molecule has 3 aliphatic heterocycles. The number of tetrazole rings is 1. The van der Waals surface area contributed by atoms with Gasteiger partial charge in [0.05, 0.1) is 19.2 Å². The Balaban J connectivity index is 1.22. The Hall–Kier alpha value is -2.40. The lowest BCUT2D eigenvalue weighted by atomic mass is 10.0. The summed E-state index contributed by atoms with van der Waals surface area (Å²) >= 11 is 0. The van der Waals surface area contributed by atoms with Gasteiger partial charge in [0, 0.05) is 19.1 Å². The van der Waals surface area contributed by atoms with Crippen LogP contribution in [0.2, 0.25) is 0 Å². The maximum atomic E-state index is 12.5. The molecule has 3 fully saturated rings. The lowest BCUT2D eigenvalue weighted by Crippen LogP contribution is -2.50. The fourth-order valence-electron chi connectivity index (χ4n) is 4.06. The summed E-state index contributed by atoms with van der Waals surface area (Å²) in [5.74, 6) is -0.188. The fourth-order valence-corrected chi connectivity index (χ4v) is 4.45. The summed E-state index contributed by atoms with van der Waals surface area (Å²) < 4.78 is 35.0. The Labute approximate surface area is 171 Å². The van der Waals surface area contributed by atoms with Gasteiger partial charge in [0.25, 0.3) is 5.91 Å². The minimum absolute atomic E-state index is 0.0432. The van der Waals surface area contributed by atoms with Crippen LogP contribution in [0.1, 0.15) is 19.3 Å². The van der Waals surface area contributed by atoms with Crippen molar-refractivity contribution in [2.45, 2.75) is 43.9 Å². The first-order chi connectivity index (χ1) is 14.3. The number of nitrogens with one attached hydrogen (secondary N) is 2. The number of aromatic nitrogens is 4. The maximum absolute atomic E-state index is 12.5. The van der Waals surface area contributed by atoms with Crippen molar-refractivity contribution in [3.8, 4) is 0 Å². The second-order valence-electron chi connectivity index (χ2n) is 7.48. The number of hydrogen-bond acceptors (Lipinski definition) is 10. The van der Waals surface area contributed by atoms with Gasteiger partial charge in [0.1, 0.15) is 6.04 Å². The number of hydrogen-bond donors (Lipinski definition) is 3. The van der Waals surface area contributed by atoms with Crippen molar-refractivity contribution in [2.24, 2.45) is 5.92 Å². The zero-order chi connectivity index (χ0) is 21.3. The third-order valence-corrected chi connectivity index (χ3v) is 5.73. The molecular weight excluding hydrogens is 424 g/mol. The molecule has 1 aromatic heterocycles. The van der Waals surface area contributed by atoms with Crippen LogP contribution in [0.15, 0.2) is 6.33 Å². The van der Waals surface area contributed by atoms with Crippen molar-refractivity contribution < 1.29 is 31.7 Å². The highest BCUT2D eigenvalue weighted by Crippen LogP contribution is 2.30. The van der Waals surface area contributed by atoms with Gasteiger partial charge in [-0.1, -0.05) is 0 Å². The highest BCUT2D eigenvalue weighted by Gasteiger charge is 2.49. The predicted octanol–water partition coefficient (Wildman–Crippen LogP) is -2.30. The van der Waals surface area contributed by atoms with Crippen LogP contribution < -0.4 is 10.8 Å². The van der Waals surface area contributed by atoms with Crippen molar-refractivity contribution in [1.82, 2.24) is 41.0 Å². The second-order valence-corrected chi connectivity index (χ2v) is 8.49. The second kappa shape index (κ2) is 8.38. The lowest BCUT2D eigenvalue weighted by molar-refractivity contribution is -0.139. The highest BCUT2D eigenvalue weighted by molar-refractivity contribution is 7.80. The number of carbonyl (C=O) groups is 2. The molecule has 2 bridgehead atoms. The average molecular weight is 446 g/mol.